The second kappa shape index (κ2) is 6.51. The quantitative estimate of drug-likeness (QED) is 0.342. The van der Waals surface area contributed by atoms with Gasteiger partial charge in [-0.15, -0.1) is 11.3 Å². The van der Waals surface area contributed by atoms with Crippen molar-refractivity contribution in [3.8, 4) is 0 Å². The van der Waals surface area contributed by atoms with E-state index in [-0.39, 0.29) is 5.02 Å². The van der Waals surface area contributed by atoms with E-state index in [0.717, 1.165) is 13.1 Å². The summed E-state index contributed by atoms with van der Waals surface area (Å²) in [4.78, 5) is 0. The first-order valence-electron chi connectivity index (χ1n) is 5.00. The minimum atomic E-state index is -0.492. The van der Waals surface area contributed by atoms with Gasteiger partial charge in [0.25, 0.3) is 0 Å². The summed E-state index contributed by atoms with van der Waals surface area (Å²) in [5, 5.41) is 0.0446. The molecule has 3 N–H and O–H groups in total. The van der Waals surface area contributed by atoms with Crippen molar-refractivity contribution in [2.75, 3.05) is 0 Å². The number of rotatable bonds is 3. The fourth-order valence-electron chi connectivity index (χ4n) is 1.66. The average molecular weight is 493 g/mol. The first-order chi connectivity index (χ1) is 8.95. The summed E-state index contributed by atoms with van der Waals surface area (Å²) >= 11 is 17.4. The Morgan fingerprint density at radius 3 is 2.47 bits per heavy atom. The molecule has 0 aliphatic carbocycles. The third-order valence-electron chi connectivity index (χ3n) is 2.54. The van der Waals surface area contributed by atoms with Crippen LogP contribution in [0.3, 0.4) is 0 Å². The van der Waals surface area contributed by atoms with Gasteiger partial charge in [-0.1, -0.05) is 17.7 Å². The van der Waals surface area contributed by atoms with Gasteiger partial charge in [-0.2, -0.15) is 0 Å². The second-order valence-corrected chi connectivity index (χ2v) is 8.63. The summed E-state index contributed by atoms with van der Waals surface area (Å²) in [6, 6.07) is 4.74. The predicted octanol–water partition coefficient (Wildman–Crippen LogP) is 5.38. The van der Waals surface area contributed by atoms with Gasteiger partial charge in [-0.05, 0) is 59.9 Å². The standard InChI is InChI=1S/C11H7Br3ClFN2S/c12-6-2-1-4(9(16)8(6)15)10(18-17)5-3-7(13)19-11(5)14/h1-3,10,18H,17H2. The number of nitrogens with two attached hydrogens (primary N) is 1. The van der Waals surface area contributed by atoms with E-state index in [1.54, 1.807) is 12.1 Å². The molecule has 0 saturated heterocycles. The molecule has 0 spiro atoms. The van der Waals surface area contributed by atoms with Gasteiger partial charge in [0.2, 0.25) is 0 Å². The first-order valence-corrected chi connectivity index (χ1v) is 8.57. The van der Waals surface area contributed by atoms with E-state index in [9.17, 15) is 4.39 Å². The van der Waals surface area contributed by atoms with Crippen molar-refractivity contribution in [1.29, 1.82) is 0 Å². The normalized spacial score (nSPS) is 12.7. The van der Waals surface area contributed by atoms with E-state index < -0.39 is 11.9 Å². The van der Waals surface area contributed by atoms with Gasteiger partial charge in [0, 0.05) is 15.6 Å². The van der Waals surface area contributed by atoms with Crippen molar-refractivity contribution < 1.29 is 4.39 Å². The lowest BCUT2D eigenvalue weighted by Gasteiger charge is -2.17. The number of hydrogen-bond acceptors (Lipinski definition) is 3. The molecule has 102 valence electrons. The van der Waals surface area contributed by atoms with E-state index in [1.165, 1.54) is 11.3 Å². The van der Waals surface area contributed by atoms with Crippen molar-refractivity contribution in [2.24, 2.45) is 5.84 Å². The molecule has 0 radical (unpaired) electrons. The van der Waals surface area contributed by atoms with Gasteiger partial charge in [0.05, 0.1) is 18.6 Å². The van der Waals surface area contributed by atoms with E-state index >= 15 is 0 Å². The van der Waals surface area contributed by atoms with E-state index in [1.807, 2.05) is 6.07 Å². The fraction of sp³-hybridized carbons (Fsp3) is 0.0909. The maximum Gasteiger partial charge on any atom is 0.148 e. The molecule has 1 aromatic heterocycles. The van der Waals surface area contributed by atoms with Gasteiger partial charge >= 0.3 is 0 Å². The minimum absolute atomic E-state index is 0.0446. The fourth-order valence-corrected chi connectivity index (χ4v) is 5.04. The summed E-state index contributed by atoms with van der Waals surface area (Å²) in [6.07, 6.45) is 0. The van der Waals surface area contributed by atoms with Crippen LogP contribution in [0.2, 0.25) is 5.02 Å². The molecule has 0 aliphatic heterocycles. The van der Waals surface area contributed by atoms with Crippen molar-refractivity contribution in [1.82, 2.24) is 5.43 Å². The zero-order chi connectivity index (χ0) is 14.2. The molecule has 0 saturated carbocycles. The Morgan fingerprint density at radius 1 is 1.26 bits per heavy atom. The molecule has 2 rings (SSSR count). The van der Waals surface area contributed by atoms with E-state index in [4.69, 9.17) is 17.4 Å². The largest absolute Gasteiger partial charge is 0.271 e. The maximum absolute atomic E-state index is 14.2. The SMILES string of the molecule is NNC(c1cc(Br)sc1Br)c1ccc(Br)c(Cl)c1F. The smallest absolute Gasteiger partial charge is 0.148 e. The Balaban J connectivity index is 2.54. The van der Waals surface area contributed by atoms with Gasteiger partial charge < -0.3 is 0 Å². The van der Waals surface area contributed by atoms with Crippen LogP contribution in [-0.4, -0.2) is 0 Å². The van der Waals surface area contributed by atoms with Crippen LogP contribution in [0.4, 0.5) is 4.39 Å². The molecular formula is C11H7Br3ClFN2S. The lowest BCUT2D eigenvalue weighted by Crippen LogP contribution is -2.29. The lowest BCUT2D eigenvalue weighted by atomic mass is 10.0. The number of nitrogens with one attached hydrogen (secondary N) is 1. The molecular weight excluding hydrogens is 486 g/mol. The maximum atomic E-state index is 14.2. The molecule has 1 atom stereocenters. The topological polar surface area (TPSA) is 38.0 Å². The summed E-state index contributed by atoms with van der Waals surface area (Å²) in [6.45, 7) is 0. The Bertz CT molecular complexity index is 620. The third kappa shape index (κ3) is 3.23. The highest BCUT2D eigenvalue weighted by atomic mass is 79.9. The Morgan fingerprint density at radius 2 is 1.95 bits per heavy atom. The number of hydrogen-bond donors (Lipinski definition) is 2. The molecule has 0 fully saturated rings. The van der Waals surface area contributed by atoms with Crippen molar-refractivity contribution in [3.05, 3.63) is 52.2 Å². The van der Waals surface area contributed by atoms with Crippen LogP contribution in [0, 0.1) is 5.82 Å². The monoisotopic (exact) mass is 490 g/mol. The number of hydrazine groups is 1. The van der Waals surface area contributed by atoms with Crippen LogP contribution >= 0.6 is 70.7 Å². The molecule has 1 heterocycles. The second-order valence-electron chi connectivity index (χ2n) is 3.64. The highest BCUT2D eigenvalue weighted by Crippen LogP contribution is 2.39. The molecule has 1 aromatic carbocycles. The highest BCUT2D eigenvalue weighted by Gasteiger charge is 2.23. The van der Waals surface area contributed by atoms with E-state index in [0.29, 0.717) is 10.0 Å². The van der Waals surface area contributed by atoms with Crippen LogP contribution in [0.25, 0.3) is 0 Å². The number of benzene rings is 1. The molecule has 8 heteroatoms. The van der Waals surface area contributed by atoms with Crippen LogP contribution in [0.5, 0.6) is 0 Å². The van der Waals surface area contributed by atoms with Crippen LogP contribution in [0.15, 0.2) is 30.2 Å². The Labute approximate surface area is 143 Å². The molecule has 0 aliphatic rings. The predicted molar refractivity (Wildman–Crippen MR) is 88.0 cm³/mol. The van der Waals surface area contributed by atoms with Crippen LogP contribution in [0.1, 0.15) is 17.2 Å². The average Bonchev–Trinajstić information content (AvgIpc) is 2.69. The van der Waals surface area contributed by atoms with Crippen molar-refractivity contribution >= 4 is 70.7 Å². The zero-order valence-electron chi connectivity index (χ0n) is 9.18. The zero-order valence-corrected chi connectivity index (χ0v) is 15.5. The Hall–Kier alpha value is 0.500. The molecule has 0 bridgehead atoms. The van der Waals surface area contributed by atoms with Gasteiger partial charge in [-0.25, -0.2) is 9.82 Å². The molecule has 0 amide bonds. The van der Waals surface area contributed by atoms with Crippen molar-refractivity contribution in [3.63, 3.8) is 0 Å². The first kappa shape index (κ1) is 15.9. The summed E-state index contributed by atoms with van der Waals surface area (Å²) in [5.41, 5.74) is 3.85. The third-order valence-corrected chi connectivity index (χ3v) is 6.18. The molecule has 1 unspecified atom stereocenters. The number of thiophene rings is 1. The highest BCUT2D eigenvalue weighted by molar-refractivity contribution is 9.12. The summed E-state index contributed by atoms with van der Waals surface area (Å²) < 4.78 is 16.6. The lowest BCUT2D eigenvalue weighted by molar-refractivity contribution is 0.560. The van der Waals surface area contributed by atoms with Crippen LogP contribution in [-0.2, 0) is 0 Å². The Kier molecular flexibility index (Phi) is 5.44. The minimum Gasteiger partial charge on any atom is -0.271 e. The summed E-state index contributed by atoms with van der Waals surface area (Å²) in [5.74, 6) is 5.08. The summed E-state index contributed by atoms with van der Waals surface area (Å²) in [7, 11) is 0. The number of halogens is 5. The molecule has 2 aromatic rings. The molecule has 2 nitrogen and oxygen atoms in total. The van der Waals surface area contributed by atoms with Gasteiger partial charge in [0.15, 0.2) is 0 Å². The van der Waals surface area contributed by atoms with E-state index in [2.05, 4.69) is 53.2 Å². The molecule has 19 heavy (non-hydrogen) atoms. The van der Waals surface area contributed by atoms with Gasteiger partial charge in [-0.3, -0.25) is 5.84 Å². The van der Waals surface area contributed by atoms with Gasteiger partial charge in [0.1, 0.15) is 5.82 Å². The van der Waals surface area contributed by atoms with Crippen molar-refractivity contribution in [2.45, 2.75) is 6.04 Å². The van der Waals surface area contributed by atoms with Crippen LogP contribution < -0.4 is 11.3 Å².